The number of aromatic nitrogens is 1. The van der Waals surface area contributed by atoms with Crippen LogP contribution in [-0.2, 0) is 22.3 Å². The lowest BCUT2D eigenvalue weighted by Gasteiger charge is -2.18. The first-order chi connectivity index (χ1) is 11.7. The standard InChI is InChI=1S/C17H19F3N2O.CH2O/c1-5-7-15(12(3)6-2)16(23)22(4)11-14-9-8-13(10-21-14)17(18,19)20;1-2/h5-10H,2,11H2,1,3-4H3;1H2/b7-5-,15-12+;. The van der Waals surface area contributed by atoms with Crippen LogP contribution in [0.15, 0.2) is 54.3 Å². The van der Waals surface area contributed by atoms with E-state index in [1.54, 1.807) is 39.1 Å². The van der Waals surface area contributed by atoms with E-state index in [0.29, 0.717) is 11.3 Å². The summed E-state index contributed by atoms with van der Waals surface area (Å²) in [4.78, 5) is 25.6. The molecule has 1 aromatic heterocycles. The van der Waals surface area contributed by atoms with E-state index in [0.717, 1.165) is 17.8 Å². The van der Waals surface area contributed by atoms with Crippen molar-refractivity contribution in [3.8, 4) is 0 Å². The maximum atomic E-state index is 12.5. The van der Waals surface area contributed by atoms with E-state index >= 15 is 0 Å². The normalized spacial score (nSPS) is 12.1. The minimum absolute atomic E-state index is 0.114. The van der Waals surface area contributed by atoms with Gasteiger partial charge in [0.15, 0.2) is 0 Å². The number of alkyl halides is 3. The monoisotopic (exact) mass is 354 g/mol. The summed E-state index contributed by atoms with van der Waals surface area (Å²) in [5.41, 5.74) is 0.773. The molecule has 0 aliphatic heterocycles. The highest BCUT2D eigenvalue weighted by Crippen LogP contribution is 2.28. The van der Waals surface area contributed by atoms with Gasteiger partial charge in [0.05, 0.1) is 17.8 Å². The fourth-order valence-electron chi connectivity index (χ4n) is 1.85. The van der Waals surface area contributed by atoms with Crippen LogP contribution in [0.25, 0.3) is 0 Å². The van der Waals surface area contributed by atoms with Crippen molar-refractivity contribution in [3.63, 3.8) is 0 Å². The highest BCUT2D eigenvalue weighted by molar-refractivity contribution is 5.97. The van der Waals surface area contributed by atoms with E-state index in [-0.39, 0.29) is 12.5 Å². The number of amides is 1. The van der Waals surface area contributed by atoms with Crippen LogP contribution in [0.1, 0.15) is 25.1 Å². The second-order valence-corrected chi connectivity index (χ2v) is 5.00. The van der Waals surface area contributed by atoms with Gasteiger partial charge in [-0.05, 0) is 31.6 Å². The number of pyridine rings is 1. The molecule has 136 valence electrons. The lowest BCUT2D eigenvalue weighted by molar-refractivity contribution is -0.138. The smallest absolute Gasteiger partial charge is 0.336 e. The maximum Gasteiger partial charge on any atom is 0.417 e. The van der Waals surface area contributed by atoms with E-state index < -0.39 is 11.7 Å². The van der Waals surface area contributed by atoms with Crippen molar-refractivity contribution >= 4 is 12.7 Å². The number of halogens is 3. The molecule has 1 aromatic rings. The molecule has 0 saturated heterocycles. The summed E-state index contributed by atoms with van der Waals surface area (Å²) >= 11 is 0. The molecule has 0 aliphatic carbocycles. The zero-order valence-corrected chi connectivity index (χ0v) is 14.4. The van der Waals surface area contributed by atoms with Gasteiger partial charge in [0.1, 0.15) is 6.79 Å². The molecule has 0 fully saturated rings. The number of nitrogens with zero attached hydrogens (tertiary/aromatic N) is 2. The molecular formula is C18H21F3N2O2. The molecule has 7 heteroatoms. The molecule has 0 N–H and O–H groups in total. The summed E-state index contributed by atoms with van der Waals surface area (Å²) in [5.74, 6) is -0.248. The van der Waals surface area contributed by atoms with Crippen molar-refractivity contribution in [1.29, 1.82) is 0 Å². The molecule has 0 unspecified atom stereocenters. The molecule has 0 aromatic carbocycles. The number of allylic oxidation sites excluding steroid dienone is 3. The van der Waals surface area contributed by atoms with Crippen molar-refractivity contribution in [1.82, 2.24) is 9.88 Å². The first-order valence-electron chi connectivity index (χ1n) is 7.23. The van der Waals surface area contributed by atoms with Crippen molar-refractivity contribution in [2.24, 2.45) is 0 Å². The van der Waals surface area contributed by atoms with Crippen molar-refractivity contribution in [2.75, 3.05) is 7.05 Å². The van der Waals surface area contributed by atoms with E-state index in [2.05, 4.69) is 11.6 Å². The molecule has 0 aliphatic rings. The van der Waals surface area contributed by atoms with Gasteiger partial charge >= 0.3 is 6.18 Å². The number of likely N-dealkylation sites (N-methyl/N-ethyl adjacent to an activating group) is 1. The summed E-state index contributed by atoms with van der Waals surface area (Å²) < 4.78 is 37.5. The Balaban J connectivity index is 0.00000277. The van der Waals surface area contributed by atoms with Crippen LogP contribution in [0.3, 0.4) is 0 Å². The average Bonchev–Trinajstić information content (AvgIpc) is 2.59. The van der Waals surface area contributed by atoms with E-state index in [1.807, 2.05) is 6.79 Å². The number of carbonyl (C=O) groups excluding carboxylic acids is 2. The van der Waals surface area contributed by atoms with Gasteiger partial charge in [0.2, 0.25) is 0 Å². The maximum absolute atomic E-state index is 12.5. The number of carbonyl (C=O) groups is 2. The zero-order valence-electron chi connectivity index (χ0n) is 14.4. The van der Waals surface area contributed by atoms with Gasteiger partial charge in [-0.1, -0.05) is 24.8 Å². The molecule has 0 saturated carbocycles. The van der Waals surface area contributed by atoms with Crippen LogP contribution in [0.2, 0.25) is 0 Å². The molecule has 1 rings (SSSR count). The summed E-state index contributed by atoms with van der Waals surface area (Å²) in [6.07, 6.45) is 1.35. The topological polar surface area (TPSA) is 50.3 Å². The third kappa shape index (κ3) is 6.74. The van der Waals surface area contributed by atoms with Gasteiger partial charge in [0.25, 0.3) is 5.91 Å². The van der Waals surface area contributed by atoms with Gasteiger partial charge in [-0.2, -0.15) is 13.2 Å². The van der Waals surface area contributed by atoms with Gasteiger partial charge in [0, 0.05) is 18.8 Å². The van der Waals surface area contributed by atoms with Gasteiger partial charge in [-0.25, -0.2) is 0 Å². The Labute approximate surface area is 145 Å². The third-order valence-electron chi connectivity index (χ3n) is 3.19. The van der Waals surface area contributed by atoms with Gasteiger partial charge in [-0.15, -0.1) is 0 Å². The Bertz CT molecular complexity index is 647. The van der Waals surface area contributed by atoms with E-state index in [4.69, 9.17) is 4.79 Å². The SMILES string of the molecule is C=C/C(C)=C(\C=C/C)C(=O)N(C)Cc1ccc(C(F)(F)F)cn1.C=O. The third-order valence-corrected chi connectivity index (χ3v) is 3.19. The molecular weight excluding hydrogens is 333 g/mol. The minimum atomic E-state index is -4.42. The lowest BCUT2D eigenvalue weighted by atomic mass is 10.1. The fourth-order valence-corrected chi connectivity index (χ4v) is 1.85. The largest absolute Gasteiger partial charge is 0.417 e. The first kappa shape index (κ1) is 22.3. The predicted molar refractivity (Wildman–Crippen MR) is 90.5 cm³/mol. The van der Waals surface area contributed by atoms with Gasteiger partial charge in [-0.3, -0.25) is 9.78 Å². The van der Waals surface area contributed by atoms with Crippen LogP contribution < -0.4 is 0 Å². The predicted octanol–water partition coefficient (Wildman–Crippen LogP) is 3.95. The molecule has 0 atom stereocenters. The Morgan fingerprint density at radius 3 is 2.32 bits per heavy atom. The molecule has 4 nitrogen and oxygen atoms in total. The highest BCUT2D eigenvalue weighted by atomic mass is 19.4. The average molecular weight is 354 g/mol. The van der Waals surface area contributed by atoms with Crippen molar-refractivity contribution in [3.05, 3.63) is 65.5 Å². The Morgan fingerprint density at radius 2 is 1.92 bits per heavy atom. The van der Waals surface area contributed by atoms with Crippen molar-refractivity contribution in [2.45, 2.75) is 26.6 Å². The fraction of sp³-hybridized carbons (Fsp3) is 0.278. The second kappa shape index (κ2) is 10.2. The highest BCUT2D eigenvalue weighted by Gasteiger charge is 2.30. The molecule has 25 heavy (non-hydrogen) atoms. The van der Waals surface area contributed by atoms with Gasteiger partial charge < -0.3 is 9.69 Å². The van der Waals surface area contributed by atoms with Crippen LogP contribution in [0.5, 0.6) is 0 Å². The van der Waals surface area contributed by atoms with Crippen LogP contribution in [0.4, 0.5) is 13.2 Å². The number of hydrogen-bond acceptors (Lipinski definition) is 3. The summed E-state index contributed by atoms with van der Waals surface area (Å²) in [6, 6.07) is 2.23. The summed E-state index contributed by atoms with van der Waals surface area (Å²) in [6.45, 7) is 9.32. The van der Waals surface area contributed by atoms with E-state index in [9.17, 15) is 18.0 Å². The second-order valence-electron chi connectivity index (χ2n) is 5.00. The van der Waals surface area contributed by atoms with Crippen LogP contribution in [0, 0.1) is 0 Å². The number of rotatable bonds is 5. The molecule has 1 heterocycles. The quantitative estimate of drug-likeness (QED) is 0.594. The summed E-state index contributed by atoms with van der Waals surface area (Å²) in [5, 5.41) is 0. The number of hydrogen-bond donors (Lipinski definition) is 0. The van der Waals surface area contributed by atoms with E-state index in [1.165, 1.54) is 11.0 Å². The molecule has 1 amide bonds. The molecule has 0 bridgehead atoms. The first-order valence-corrected chi connectivity index (χ1v) is 7.23. The minimum Gasteiger partial charge on any atom is -0.336 e. The Hall–Kier alpha value is -2.70. The van der Waals surface area contributed by atoms with Crippen molar-refractivity contribution < 1.29 is 22.8 Å². The zero-order chi connectivity index (χ0) is 19.6. The van der Waals surface area contributed by atoms with Crippen LogP contribution >= 0.6 is 0 Å². The molecule has 0 spiro atoms. The Kier molecular flexibility index (Phi) is 9.12. The summed E-state index contributed by atoms with van der Waals surface area (Å²) in [7, 11) is 1.57. The molecule has 0 radical (unpaired) electrons. The lowest BCUT2D eigenvalue weighted by Crippen LogP contribution is -2.28. The van der Waals surface area contributed by atoms with Crippen LogP contribution in [-0.4, -0.2) is 29.6 Å². The Morgan fingerprint density at radius 1 is 1.32 bits per heavy atom.